The van der Waals surface area contributed by atoms with Gasteiger partial charge in [0.15, 0.2) is 5.75 Å². The van der Waals surface area contributed by atoms with Crippen LogP contribution in [0.2, 0.25) is 0 Å². The summed E-state index contributed by atoms with van der Waals surface area (Å²) in [6.45, 7) is 12.1. The van der Waals surface area contributed by atoms with Crippen molar-refractivity contribution in [2.75, 3.05) is 13.7 Å². The summed E-state index contributed by atoms with van der Waals surface area (Å²) in [6, 6.07) is 77.1. The highest BCUT2D eigenvalue weighted by atomic mass is 19.1. The second-order valence-corrected chi connectivity index (χ2v) is 24.3. The number of para-hydroxylation sites is 1. The number of carbonyl (C=O) groups excluding carboxylic acids is 17. The van der Waals surface area contributed by atoms with Gasteiger partial charge in [-0.1, -0.05) is 219 Å². The molecular formula is C89H96FN9O20. The van der Waals surface area contributed by atoms with Crippen LogP contribution in [0.3, 0.4) is 0 Å². The first-order chi connectivity index (χ1) is 56.9. The van der Waals surface area contributed by atoms with Crippen LogP contribution in [0.4, 0.5) is 4.39 Å². The van der Waals surface area contributed by atoms with Crippen molar-refractivity contribution in [3.05, 3.63) is 311 Å². The average Bonchev–Trinajstić information content (AvgIpc) is 0.872. The smallest absolute Gasteiger partial charge is 0.396 e. The van der Waals surface area contributed by atoms with Crippen molar-refractivity contribution >= 4 is 99.8 Å². The number of carbonyl (C=O) groups is 17. The van der Waals surface area contributed by atoms with E-state index >= 15 is 0 Å². The van der Waals surface area contributed by atoms with Crippen LogP contribution in [0.25, 0.3) is 0 Å². The molecule has 29 nitrogen and oxygen atoms in total. The molecule has 0 bridgehead atoms. The number of nitrogens with one attached hydrogen (secondary N) is 9. The zero-order chi connectivity index (χ0) is 88.1. The van der Waals surface area contributed by atoms with E-state index in [2.05, 4.69) is 47.3 Å². The SMILES string of the molecule is CC(=O)C(=O)NCc1ccc(F)cc1.CC(=O)C(=O)NCc1ccccc1.CC(=O)C(=O)NCc1ccccc1.CC(=O)C(=O)NCc1ccccc1.CC(=O)C(=O)NOc1ccccc1.CCC(=O)C(=O)NCc1ccc(OC(=O)c2ccccc2)cc1.CCOC(=O)C(=O)NCc1ccccc1.CNC(=O)CC(=O)NCc1ccccc1. The highest BCUT2D eigenvalue weighted by molar-refractivity contribution is 6.37. The Morgan fingerprint density at radius 3 is 0.899 bits per heavy atom. The quantitative estimate of drug-likeness (QED) is 0.00733. The fourth-order valence-corrected chi connectivity index (χ4v) is 8.28. The zero-order valence-electron chi connectivity index (χ0n) is 66.9. The van der Waals surface area contributed by atoms with Gasteiger partial charge in [0.2, 0.25) is 46.5 Å². The molecule has 30 heteroatoms. The number of ether oxygens (including phenoxy) is 2. The molecule has 0 radical (unpaired) electrons. The lowest BCUT2D eigenvalue weighted by atomic mass is 10.2. The van der Waals surface area contributed by atoms with Gasteiger partial charge in [-0.2, -0.15) is 5.48 Å². The second-order valence-electron chi connectivity index (χ2n) is 24.3. The molecule has 624 valence electrons. The Morgan fingerprint density at radius 2 is 0.588 bits per heavy atom. The molecule has 9 aromatic carbocycles. The van der Waals surface area contributed by atoms with E-state index in [0.717, 1.165) is 38.9 Å². The van der Waals surface area contributed by atoms with E-state index in [1.807, 2.05) is 169 Å². The third kappa shape index (κ3) is 47.9. The Bertz CT molecular complexity index is 4450. The first-order valence-electron chi connectivity index (χ1n) is 36.7. The van der Waals surface area contributed by atoms with Crippen LogP contribution < -0.4 is 57.6 Å². The molecule has 0 heterocycles. The normalized spacial score (nSPS) is 9.45. The van der Waals surface area contributed by atoms with Crippen LogP contribution in [0.1, 0.15) is 111 Å². The maximum Gasteiger partial charge on any atom is 0.396 e. The Balaban J connectivity index is 0.000000465. The van der Waals surface area contributed by atoms with Gasteiger partial charge in [-0.05, 0) is 94.4 Å². The molecular weight excluding hydrogens is 1530 g/mol. The van der Waals surface area contributed by atoms with Crippen LogP contribution in [0, 0.1) is 5.82 Å². The molecule has 0 atom stereocenters. The number of amides is 9. The number of hydrogen-bond donors (Lipinski definition) is 9. The summed E-state index contributed by atoms with van der Waals surface area (Å²) in [5, 5.41) is 20.0. The summed E-state index contributed by atoms with van der Waals surface area (Å²) in [4.78, 5) is 190. The van der Waals surface area contributed by atoms with E-state index in [1.165, 1.54) is 53.8 Å². The third-order valence-electron chi connectivity index (χ3n) is 14.7. The van der Waals surface area contributed by atoms with E-state index in [1.54, 1.807) is 98.8 Å². The highest BCUT2D eigenvalue weighted by Gasteiger charge is 2.16. The van der Waals surface area contributed by atoms with E-state index in [-0.39, 0.29) is 50.2 Å². The maximum absolute atomic E-state index is 12.5. The van der Waals surface area contributed by atoms with Crippen LogP contribution >= 0.6 is 0 Å². The van der Waals surface area contributed by atoms with Crippen LogP contribution in [-0.2, 0) is 127 Å². The predicted octanol–water partition coefficient (Wildman–Crippen LogP) is 8.20. The summed E-state index contributed by atoms with van der Waals surface area (Å²) in [7, 11) is 1.51. The topological polar surface area (TPSA) is 426 Å². The molecule has 0 aliphatic rings. The third-order valence-corrected chi connectivity index (χ3v) is 14.7. The fourth-order valence-electron chi connectivity index (χ4n) is 8.28. The highest BCUT2D eigenvalue weighted by Crippen LogP contribution is 2.15. The van der Waals surface area contributed by atoms with E-state index in [9.17, 15) is 85.9 Å². The summed E-state index contributed by atoms with van der Waals surface area (Å²) in [5.74, 6) is -8.50. The van der Waals surface area contributed by atoms with Crippen molar-refractivity contribution in [2.24, 2.45) is 0 Å². The minimum atomic E-state index is -0.839. The molecule has 0 aliphatic carbocycles. The second kappa shape index (κ2) is 59.6. The molecule has 9 N–H and O–H groups in total. The van der Waals surface area contributed by atoms with Crippen LogP contribution in [0.15, 0.2) is 261 Å². The first kappa shape index (κ1) is 100.0. The number of benzene rings is 9. The number of rotatable bonds is 28. The molecule has 9 rings (SSSR count). The summed E-state index contributed by atoms with van der Waals surface area (Å²) >= 11 is 0. The van der Waals surface area contributed by atoms with Crippen molar-refractivity contribution in [3.8, 4) is 11.5 Å². The van der Waals surface area contributed by atoms with Gasteiger partial charge < -0.3 is 56.8 Å². The molecule has 0 aliphatic heterocycles. The van der Waals surface area contributed by atoms with Gasteiger partial charge in [-0.15, -0.1) is 0 Å². The Kier molecular flexibility index (Phi) is 50.1. The van der Waals surface area contributed by atoms with Gasteiger partial charge in [0.05, 0.1) is 12.2 Å². The molecule has 9 amide bonds. The number of halogens is 1. The van der Waals surface area contributed by atoms with Crippen molar-refractivity contribution < 1.29 is 100 Å². The van der Waals surface area contributed by atoms with E-state index < -0.39 is 88.0 Å². The summed E-state index contributed by atoms with van der Waals surface area (Å²) < 4.78 is 22.3. The molecule has 0 aromatic heterocycles. The number of Topliss-reactive ketones (excluding diaryl/α,β-unsaturated/α-hetero) is 6. The standard InChI is InChI=1S/C18H17NO4.C11H14N2O2.C11H13NO3.C10H10FNO2.3C10H11NO2.C9H9NO3/c1-2-16(20)17(21)19-12-13-8-10-15(11-9-13)23-18(22)14-6-4-3-5-7-14;1-12-10(14)7-11(15)13-8-9-5-3-2-4-6-9;1-2-15-11(14)10(13)12-8-9-6-4-3-5-7-9;1-7(13)10(14)12-6-8-2-4-9(11)5-3-8;3*1-8(12)10(13)11-7-9-5-3-2-4-6-9;1-7(11)9(12)10-13-8-5-3-2-4-6-8/h3-11H,2,12H2,1H3,(H,19,21);2-6H,7-8H2,1H3,(H,12,14)(H,13,15);3-7H,2,8H2,1H3,(H,12,13);2-5H,6H2,1H3,(H,12,14);3*2-6H,7H2,1H3,(H,11,13);2-6H,1H3,(H,10,12). The van der Waals surface area contributed by atoms with Gasteiger partial charge in [-0.25, -0.2) is 14.0 Å². The van der Waals surface area contributed by atoms with Gasteiger partial charge in [-0.3, -0.25) is 71.9 Å². The van der Waals surface area contributed by atoms with E-state index in [4.69, 9.17) is 9.57 Å². The van der Waals surface area contributed by atoms with Crippen molar-refractivity contribution in [1.82, 2.24) is 48.0 Å². The van der Waals surface area contributed by atoms with Crippen molar-refractivity contribution in [3.63, 3.8) is 0 Å². The molecule has 0 spiro atoms. The Morgan fingerprint density at radius 1 is 0.303 bits per heavy atom. The van der Waals surface area contributed by atoms with Crippen LogP contribution in [-0.4, -0.2) is 113 Å². The van der Waals surface area contributed by atoms with Gasteiger partial charge >= 0.3 is 23.8 Å². The van der Waals surface area contributed by atoms with Gasteiger partial charge in [0.25, 0.3) is 29.5 Å². The monoisotopic (exact) mass is 1630 g/mol. The average molecular weight is 1630 g/mol. The molecule has 0 saturated carbocycles. The number of hydrogen-bond acceptors (Lipinski definition) is 20. The number of ketones is 6. The molecule has 0 saturated heterocycles. The molecule has 9 aromatic rings. The van der Waals surface area contributed by atoms with Crippen LogP contribution in [0.5, 0.6) is 11.5 Å². The number of hydroxylamine groups is 1. The fraction of sp³-hybridized carbons (Fsp3) is 0.202. The number of esters is 2. The first-order valence-corrected chi connectivity index (χ1v) is 36.7. The van der Waals surface area contributed by atoms with E-state index in [0.29, 0.717) is 49.8 Å². The lowest BCUT2D eigenvalue weighted by Gasteiger charge is -2.07. The molecule has 0 fully saturated rings. The Labute approximate surface area is 688 Å². The minimum Gasteiger partial charge on any atom is -0.459 e. The lowest BCUT2D eigenvalue weighted by Crippen LogP contribution is -2.31. The molecule has 119 heavy (non-hydrogen) atoms. The largest absolute Gasteiger partial charge is 0.459 e. The Hall–Kier alpha value is -15.1. The zero-order valence-corrected chi connectivity index (χ0v) is 66.9. The van der Waals surface area contributed by atoms with Gasteiger partial charge in [0.1, 0.15) is 18.0 Å². The lowest BCUT2D eigenvalue weighted by molar-refractivity contribution is -0.154. The minimum absolute atomic E-state index is 0.122. The van der Waals surface area contributed by atoms with Crippen molar-refractivity contribution in [1.29, 1.82) is 0 Å². The van der Waals surface area contributed by atoms with Crippen molar-refractivity contribution in [2.45, 2.75) is 107 Å². The maximum atomic E-state index is 12.5. The summed E-state index contributed by atoms with van der Waals surface area (Å²) in [5.41, 5.74) is 8.95. The summed E-state index contributed by atoms with van der Waals surface area (Å²) in [6.07, 6.45) is 0.0591. The predicted molar refractivity (Wildman–Crippen MR) is 439 cm³/mol. The molecule has 0 unspecified atom stereocenters. The van der Waals surface area contributed by atoms with Gasteiger partial charge in [0, 0.05) is 93.9 Å².